The van der Waals surface area contributed by atoms with Crippen molar-refractivity contribution in [3.63, 3.8) is 0 Å². The molecule has 2 aromatic rings. The Morgan fingerprint density at radius 3 is 2.50 bits per heavy atom. The van der Waals surface area contributed by atoms with Crippen molar-refractivity contribution in [1.82, 2.24) is 10.2 Å². The molecule has 1 saturated carbocycles. The Labute approximate surface area is 107 Å². The lowest BCUT2D eigenvalue weighted by Crippen LogP contribution is -2.11. The van der Waals surface area contributed by atoms with Crippen LogP contribution in [0, 0.1) is 10.8 Å². The predicted octanol–water partition coefficient (Wildman–Crippen LogP) is 2.99. The van der Waals surface area contributed by atoms with E-state index in [4.69, 9.17) is 5.73 Å². The van der Waals surface area contributed by atoms with Gasteiger partial charge in [-0.3, -0.25) is 5.10 Å². The summed E-state index contributed by atoms with van der Waals surface area (Å²) in [6.07, 6.45) is 1.79. The SMILES string of the molecule is CC1(C)C(Nc2cc3[nH]ncc3cc2N)C1(C)C. The van der Waals surface area contributed by atoms with Crippen LogP contribution in [0.5, 0.6) is 0 Å². The second kappa shape index (κ2) is 3.19. The highest BCUT2D eigenvalue weighted by molar-refractivity contribution is 5.88. The third-order valence-electron chi connectivity index (χ3n) is 4.93. The highest BCUT2D eigenvalue weighted by Crippen LogP contribution is 2.63. The molecular formula is C14H20N4. The minimum absolute atomic E-state index is 0.294. The Morgan fingerprint density at radius 1 is 1.22 bits per heavy atom. The fraction of sp³-hybridized carbons (Fsp3) is 0.500. The van der Waals surface area contributed by atoms with E-state index in [-0.39, 0.29) is 0 Å². The van der Waals surface area contributed by atoms with Crippen LogP contribution in [0.2, 0.25) is 0 Å². The third-order valence-corrected chi connectivity index (χ3v) is 4.93. The normalized spacial score (nSPS) is 21.1. The Hall–Kier alpha value is -1.71. The molecule has 4 heteroatoms. The summed E-state index contributed by atoms with van der Waals surface area (Å²) in [6, 6.07) is 4.46. The smallest absolute Gasteiger partial charge is 0.0672 e. The zero-order valence-electron chi connectivity index (χ0n) is 11.3. The first kappa shape index (κ1) is 11.4. The molecule has 0 radical (unpaired) electrons. The van der Waals surface area contributed by atoms with Gasteiger partial charge in [-0.1, -0.05) is 27.7 Å². The number of hydrogen-bond donors (Lipinski definition) is 3. The van der Waals surface area contributed by atoms with E-state index in [0.717, 1.165) is 22.3 Å². The first-order valence-electron chi connectivity index (χ1n) is 6.33. The van der Waals surface area contributed by atoms with Crippen LogP contribution in [0.1, 0.15) is 27.7 Å². The molecule has 3 rings (SSSR count). The molecule has 0 saturated heterocycles. The van der Waals surface area contributed by atoms with Gasteiger partial charge in [0, 0.05) is 11.4 Å². The van der Waals surface area contributed by atoms with Crippen LogP contribution in [0.25, 0.3) is 10.9 Å². The molecule has 0 spiro atoms. The third kappa shape index (κ3) is 1.35. The molecule has 18 heavy (non-hydrogen) atoms. The summed E-state index contributed by atoms with van der Waals surface area (Å²) in [6.45, 7) is 9.15. The fourth-order valence-corrected chi connectivity index (χ4v) is 2.85. The molecular weight excluding hydrogens is 224 g/mol. The molecule has 0 unspecified atom stereocenters. The minimum Gasteiger partial charge on any atom is -0.397 e. The van der Waals surface area contributed by atoms with Crippen LogP contribution < -0.4 is 11.1 Å². The number of hydrogen-bond acceptors (Lipinski definition) is 3. The number of nitrogens with two attached hydrogens (primary N) is 1. The van der Waals surface area contributed by atoms with E-state index in [2.05, 4.69) is 43.2 Å². The zero-order chi connectivity index (χ0) is 13.1. The lowest BCUT2D eigenvalue weighted by Gasteiger charge is -2.11. The second-order valence-electron chi connectivity index (χ2n) is 6.42. The van der Waals surface area contributed by atoms with Gasteiger partial charge in [-0.25, -0.2) is 0 Å². The number of nitrogens with zero attached hydrogens (tertiary/aromatic N) is 1. The Balaban J connectivity index is 1.94. The molecule has 0 amide bonds. The van der Waals surface area contributed by atoms with Gasteiger partial charge in [0.05, 0.1) is 23.1 Å². The van der Waals surface area contributed by atoms with E-state index in [0.29, 0.717) is 16.9 Å². The maximum absolute atomic E-state index is 6.09. The van der Waals surface area contributed by atoms with Crippen LogP contribution >= 0.6 is 0 Å². The molecule has 1 aliphatic rings. The molecule has 0 aliphatic heterocycles. The quantitative estimate of drug-likeness (QED) is 0.711. The van der Waals surface area contributed by atoms with Crippen molar-refractivity contribution in [2.75, 3.05) is 11.1 Å². The Morgan fingerprint density at radius 2 is 1.89 bits per heavy atom. The fourth-order valence-electron chi connectivity index (χ4n) is 2.85. The lowest BCUT2D eigenvalue weighted by atomic mass is 10.0. The molecule has 96 valence electrons. The van der Waals surface area contributed by atoms with E-state index in [1.807, 2.05) is 12.1 Å². The first-order chi connectivity index (χ1) is 8.34. The summed E-state index contributed by atoms with van der Waals surface area (Å²) in [4.78, 5) is 0. The first-order valence-corrected chi connectivity index (χ1v) is 6.33. The molecule has 1 aromatic heterocycles. The molecule has 1 aromatic carbocycles. The second-order valence-corrected chi connectivity index (χ2v) is 6.42. The molecule has 4 nitrogen and oxygen atoms in total. The van der Waals surface area contributed by atoms with E-state index in [9.17, 15) is 0 Å². The number of nitrogens with one attached hydrogen (secondary N) is 2. The molecule has 4 N–H and O–H groups in total. The van der Waals surface area contributed by atoms with Crippen LogP contribution in [0.3, 0.4) is 0 Å². The summed E-state index contributed by atoms with van der Waals surface area (Å²) in [5, 5.41) is 11.6. The zero-order valence-corrected chi connectivity index (χ0v) is 11.3. The van der Waals surface area contributed by atoms with Gasteiger partial charge >= 0.3 is 0 Å². The van der Waals surface area contributed by atoms with Gasteiger partial charge in [-0.2, -0.15) is 5.10 Å². The highest BCUT2D eigenvalue weighted by atomic mass is 15.1. The summed E-state index contributed by atoms with van der Waals surface area (Å²) in [7, 11) is 0. The largest absolute Gasteiger partial charge is 0.397 e. The van der Waals surface area contributed by atoms with Gasteiger partial charge in [0.2, 0.25) is 0 Å². The summed E-state index contributed by atoms with van der Waals surface area (Å²) >= 11 is 0. The minimum atomic E-state index is 0.294. The number of benzene rings is 1. The maximum Gasteiger partial charge on any atom is 0.0672 e. The van der Waals surface area contributed by atoms with Crippen molar-refractivity contribution < 1.29 is 0 Å². The standard InChI is InChI=1S/C14H20N4/c1-13(2)12(14(13,3)4)17-11-6-10-8(5-9(11)15)7-16-18-10/h5-7,12,17H,15H2,1-4H3,(H,16,18). The predicted molar refractivity (Wildman–Crippen MR) is 75.5 cm³/mol. The van der Waals surface area contributed by atoms with Gasteiger partial charge < -0.3 is 11.1 Å². The van der Waals surface area contributed by atoms with Crippen LogP contribution in [-0.2, 0) is 0 Å². The van der Waals surface area contributed by atoms with E-state index in [1.54, 1.807) is 6.20 Å². The number of H-pyrrole nitrogens is 1. The topological polar surface area (TPSA) is 66.7 Å². The van der Waals surface area contributed by atoms with E-state index >= 15 is 0 Å². The summed E-state index contributed by atoms with van der Waals surface area (Å²) in [5.74, 6) is 0. The van der Waals surface area contributed by atoms with Gasteiger partial charge in [0.1, 0.15) is 0 Å². The Kier molecular flexibility index (Phi) is 2.02. The number of aromatic amines is 1. The van der Waals surface area contributed by atoms with Crippen LogP contribution in [-0.4, -0.2) is 16.2 Å². The monoisotopic (exact) mass is 244 g/mol. The van der Waals surface area contributed by atoms with Gasteiger partial charge in [-0.05, 0) is 23.0 Å². The van der Waals surface area contributed by atoms with E-state index in [1.165, 1.54) is 0 Å². The molecule has 0 atom stereocenters. The van der Waals surface area contributed by atoms with Crippen LogP contribution in [0.4, 0.5) is 11.4 Å². The average molecular weight is 244 g/mol. The van der Waals surface area contributed by atoms with Crippen molar-refractivity contribution in [3.8, 4) is 0 Å². The summed E-state index contributed by atoms with van der Waals surface area (Å²) in [5.41, 5.74) is 9.48. The lowest BCUT2D eigenvalue weighted by molar-refractivity contribution is 0.457. The molecule has 1 fully saturated rings. The number of rotatable bonds is 2. The number of aromatic nitrogens is 2. The average Bonchev–Trinajstić information content (AvgIpc) is 2.67. The molecule has 0 bridgehead atoms. The molecule has 1 heterocycles. The van der Waals surface area contributed by atoms with Crippen molar-refractivity contribution in [2.45, 2.75) is 33.7 Å². The number of anilines is 2. The maximum atomic E-state index is 6.09. The van der Waals surface area contributed by atoms with Gasteiger partial charge in [0.15, 0.2) is 0 Å². The summed E-state index contributed by atoms with van der Waals surface area (Å²) < 4.78 is 0. The molecule has 1 aliphatic carbocycles. The van der Waals surface area contributed by atoms with E-state index < -0.39 is 0 Å². The Bertz CT molecular complexity index is 595. The van der Waals surface area contributed by atoms with Crippen LogP contribution in [0.15, 0.2) is 18.3 Å². The van der Waals surface area contributed by atoms with Crippen molar-refractivity contribution in [2.24, 2.45) is 10.8 Å². The number of nitrogen functional groups attached to an aromatic ring is 1. The van der Waals surface area contributed by atoms with Crippen molar-refractivity contribution in [3.05, 3.63) is 18.3 Å². The van der Waals surface area contributed by atoms with Crippen molar-refractivity contribution >= 4 is 22.3 Å². The van der Waals surface area contributed by atoms with Crippen molar-refractivity contribution in [1.29, 1.82) is 0 Å². The highest BCUT2D eigenvalue weighted by Gasteiger charge is 2.65. The van der Waals surface area contributed by atoms with Gasteiger partial charge in [0.25, 0.3) is 0 Å². The number of fused-ring (bicyclic) bond motifs is 1. The van der Waals surface area contributed by atoms with Gasteiger partial charge in [-0.15, -0.1) is 0 Å².